The minimum atomic E-state index is -1.02. The molecule has 0 spiro atoms. The topological polar surface area (TPSA) is 36.9 Å². The van der Waals surface area contributed by atoms with E-state index in [1.165, 1.54) is 0 Å². The monoisotopic (exact) mass is 310 g/mol. The van der Waals surface area contributed by atoms with E-state index in [4.69, 9.17) is 18.9 Å². The molecule has 2 saturated heterocycles. The Labute approximate surface area is 130 Å². The average Bonchev–Trinajstić information content (AvgIpc) is 2.91. The summed E-state index contributed by atoms with van der Waals surface area (Å²) in [4.78, 5) is 0. The Bertz CT molecular complexity index is 507. The first-order chi connectivity index (χ1) is 10.5. The Balaban J connectivity index is 1.63. The third-order valence-corrected chi connectivity index (χ3v) is 4.34. The van der Waals surface area contributed by atoms with Gasteiger partial charge in [-0.3, -0.25) is 0 Å². The molecule has 0 radical (unpaired) electrons. The van der Waals surface area contributed by atoms with Crippen LogP contribution in [-0.4, -0.2) is 43.0 Å². The molecule has 2 heterocycles. The van der Waals surface area contributed by atoms with Crippen molar-refractivity contribution >= 4 is 0 Å². The summed E-state index contributed by atoms with van der Waals surface area (Å²) in [5, 5.41) is 0. The van der Waals surface area contributed by atoms with Gasteiger partial charge in [-0.15, -0.1) is 0 Å². The number of halogens is 1. The van der Waals surface area contributed by atoms with Crippen molar-refractivity contribution in [1.29, 1.82) is 0 Å². The van der Waals surface area contributed by atoms with Crippen molar-refractivity contribution in [2.24, 2.45) is 0 Å². The van der Waals surface area contributed by atoms with E-state index >= 15 is 0 Å². The van der Waals surface area contributed by atoms with Crippen LogP contribution in [0.2, 0.25) is 0 Å². The van der Waals surface area contributed by atoms with Crippen LogP contribution in [0.1, 0.15) is 26.3 Å². The molecule has 4 nitrogen and oxygen atoms in total. The number of ether oxygens (including phenoxy) is 4. The summed E-state index contributed by atoms with van der Waals surface area (Å²) in [6, 6.07) is 9.91. The minimum absolute atomic E-state index is 0.323. The molecule has 5 heteroatoms. The lowest BCUT2D eigenvalue weighted by Crippen LogP contribution is -2.48. The predicted molar refractivity (Wildman–Crippen MR) is 79.2 cm³/mol. The number of rotatable bonds is 5. The molecule has 1 aromatic rings. The van der Waals surface area contributed by atoms with Crippen LogP contribution in [0.5, 0.6) is 0 Å². The summed E-state index contributed by atoms with van der Waals surface area (Å²) in [5.41, 5.74) is 0.0683. The van der Waals surface area contributed by atoms with Crippen LogP contribution in [-0.2, 0) is 25.6 Å². The highest BCUT2D eigenvalue weighted by atomic mass is 19.1. The first-order valence-corrected chi connectivity index (χ1v) is 7.68. The molecule has 0 amide bonds. The molecule has 4 atom stereocenters. The summed E-state index contributed by atoms with van der Waals surface area (Å²) >= 11 is 0. The highest BCUT2D eigenvalue weighted by Gasteiger charge is 2.64. The van der Waals surface area contributed by atoms with Crippen molar-refractivity contribution in [3.8, 4) is 0 Å². The zero-order valence-corrected chi connectivity index (χ0v) is 13.3. The van der Waals surface area contributed by atoms with Crippen LogP contribution in [0, 0.1) is 0 Å². The number of alkyl halides is 1. The van der Waals surface area contributed by atoms with Gasteiger partial charge in [0, 0.05) is 0 Å². The molecule has 0 N–H and O–H groups in total. The lowest BCUT2D eigenvalue weighted by molar-refractivity contribution is -0.209. The predicted octanol–water partition coefficient (Wildman–Crippen LogP) is 2.85. The molecule has 2 aliphatic heterocycles. The SMILES string of the molecule is C[C@@H]1OC(COCc2ccccc2)[C@@H]2OC(C)(C)OC12CF. The number of hydrogen-bond donors (Lipinski definition) is 0. The second-order valence-electron chi connectivity index (χ2n) is 6.45. The fourth-order valence-corrected chi connectivity index (χ4v) is 3.30. The molecule has 22 heavy (non-hydrogen) atoms. The van der Waals surface area contributed by atoms with E-state index in [1.54, 1.807) is 13.8 Å². The first-order valence-electron chi connectivity index (χ1n) is 7.68. The van der Waals surface area contributed by atoms with Crippen LogP contribution in [0.3, 0.4) is 0 Å². The van der Waals surface area contributed by atoms with Crippen LogP contribution in [0.25, 0.3) is 0 Å². The van der Waals surface area contributed by atoms with E-state index in [2.05, 4.69) is 0 Å². The van der Waals surface area contributed by atoms with Gasteiger partial charge < -0.3 is 18.9 Å². The Morgan fingerprint density at radius 1 is 1.23 bits per heavy atom. The second-order valence-corrected chi connectivity index (χ2v) is 6.45. The zero-order chi connectivity index (χ0) is 15.8. The van der Waals surface area contributed by atoms with Gasteiger partial charge in [0.25, 0.3) is 0 Å². The molecule has 3 rings (SSSR count). The molecular weight excluding hydrogens is 287 g/mol. The lowest BCUT2D eigenvalue weighted by Gasteiger charge is -2.28. The van der Waals surface area contributed by atoms with E-state index in [1.807, 2.05) is 37.3 Å². The van der Waals surface area contributed by atoms with Crippen LogP contribution >= 0.6 is 0 Å². The largest absolute Gasteiger partial charge is 0.374 e. The van der Waals surface area contributed by atoms with E-state index < -0.39 is 24.2 Å². The summed E-state index contributed by atoms with van der Waals surface area (Å²) in [6.45, 7) is 5.65. The molecule has 122 valence electrons. The molecule has 0 bridgehead atoms. The summed E-state index contributed by atoms with van der Waals surface area (Å²) < 4.78 is 37.0. The van der Waals surface area contributed by atoms with Crippen molar-refractivity contribution in [3.05, 3.63) is 35.9 Å². The van der Waals surface area contributed by atoms with E-state index in [0.717, 1.165) is 5.56 Å². The maximum absolute atomic E-state index is 13.7. The van der Waals surface area contributed by atoms with E-state index in [0.29, 0.717) is 13.2 Å². The quantitative estimate of drug-likeness (QED) is 0.838. The number of hydrogen-bond acceptors (Lipinski definition) is 4. The van der Waals surface area contributed by atoms with E-state index in [-0.39, 0.29) is 12.2 Å². The van der Waals surface area contributed by atoms with Gasteiger partial charge in [0.1, 0.15) is 18.9 Å². The van der Waals surface area contributed by atoms with Gasteiger partial charge in [0.2, 0.25) is 0 Å². The molecule has 2 unspecified atom stereocenters. The maximum Gasteiger partial charge on any atom is 0.164 e. The second kappa shape index (κ2) is 5.89. The highest BCUT2D eigenvalue weighted by Crippen LogP contribution is 2.47. The Kier molecular flexibility index (Phi) is 4.25. The Hall–Kier alpha value is -1.01. The molecule has 2 fully saturated rings. The molecule has 0 saturated carbocycles. The molecule has 1 aromatic carbocycles. The van der Waals surface area contributed by atoms with Crippen LogP contribution in [0.4, 0.5) is 4.39 Å². The summed E-state index contributed by atoms with van der Waals surface area (Å²) in [6.07, 6.45) is -1.14. The zero-order valence-electron chi connectivity index (χ0n) is 13.3. The van der Waals surface area contributed by atoms with Gasteiger partial charge in [-0.25, -0.2) is 4.39 Å². The third kappa shape index (κ3) is 2.78. The van der Waals surface area contributed by atoms with Crippen molar-refractivity contribution in [2.45, 2.75) is 57.1 Å². The first kappa shape index (κ1) is 15.9. The van der Waals surface area contributed by atoms with Crippen LogP contribution in [0.15, 0.2) is 30.3 Å². The normalized spacial score (nSPS) is 36.5. The molecular formula is C17H23FO4. The smallest absolute Gasteiger partial charge is 0.164 e. The van der Waals surface area contributed by atoms with Gasteiger partial charge in [0.15, 0.2) is 11.4 Å². The van der Waals surface area contributed by atoms with Crippen LogP contribution < -0.4 is 0 Å². The number of fused-ring (bicyclic) bond motifs is 1. The highest BCUT2D eigenvalue weighted by molar-refractivity contribution is 5.13. The van der Waals surface area contributed by atoms with Gasteiger partial charge in [0.05, 0.1) is 19.3 Å². The fourth-order valence-electron chi connectivity index (χ4n) is 3.30. The lowest BCUT2D eigenvalue weighted by atomic mass is 9.93. The van der Waals surface area contributed by atoms with Gasteiger partial charge in [-0.1, -0.05) is 30.3 Å². The molecule has 0 aromatic heterocycles. The summed E-state index contributed by atoms with van der Waals surface area (Å²) in [7, 11) is 0. The van der Waals surface area contributed by atoms with Crippen molar-refractivity contribution < 1.29 is 23.3 Å². The van der Waals surface area contributed by atoms with Crippen molar-refractivity contribution in [1.82, 2.24) is 0 Å². The molecule has 0 aliphatic carbocycles. The fraction of sp³-hybridized carbons (Fsp3) is 0.647. The van der Waals surface area contributed by atoms with Crippen molar-refractivity contribution in [2.75, 3.05) is 13.3 Å². The standard InChI is InChI=1S/C17H23FO4/c1-12-17(11-18)15(21-16(2,3)22-17)14(20-12)10-19-9-13-7-5-4-6-8-13/h4-8,12,14-15H,9-11H2,1-3H3/t12-,14?,15-,17?/m0/s1. The Morgan fingerprint density at radius 3 is 2.64 bits per heavy atom. The van der Waals surface area contributed by atoms with Crippen molar-refractivity contribution in [3.63, 3.8) is 0 Å². The number of benzene rings is 1. The average molecular weight is 310 g/mol. The third-order valence-electron chi connectivity index (χ3n) is 4.34. The summed E-state index contributed by atoms with van der Waals surface area (Å²) in [5.74, 6) is -0.799. The van der Waals surface area contributed by atoms with E-state index in [9.17, 15) is 4.39 Å². The van der Waals surface area contributed by atoms with Gasteiger partial charge in [-0.05, 0) is 26.3 Å². The minimum Gasteiger partial charge on any atom is -0.374 e. The maximum atomic E-state index is 13.7. The Morgan fingerprint density at radius 2 is 1.95 bits per heavy atom. The van der Waals surface area contributed by atoms with Gasteiger partial charge >= 0.3 is 0 Å². The van der Waals surface area contributed by atoms with Gasteiger partial charge in [-0.2, -0.15) is 0 Å². The molecule has 2 aliphatic rings.